The summed E-state index contributed by atoms with van der Waals surface area (Å²) < 4.78 is 5.31. The molecule has 3 rings (SSSR count). The van der Waals surface area contributed by atoms with Crippen LogP contribution in [0.2, 0.25) is 0 Å². The van der Waals surface area contributed by atoms with Crippen LogP contribution < -0.4 is 20.7 Å². The molecule has 0 aliphatic heterocycles. The highest BCUT2D eigenvalue weighted by molar-refractivity contribution is 5.92. The van der Waals surface area contributed by atoms with Gasteiger partial charge >= 0.3 is 6.09 Å². The quantitative estimate of drug-likeness (QED) is 0.216. The number of fused-ring (bicyclic) bond motifs is 1. The second-order valence-corrected chi connectivity index (χ2v) is 11.0. The minimum Gasteiger partial charge on any atom is -0.410 e. The van der Waals surface area contributed by atoms with Crippen LogP contribution in [0.3, 0.4) is 0 Å². The van der Waals surface area contributed by atoms with Gasteiger partial charge in [0.25, 0.3) is 0 Å². The zero-order valence-corrected chi connectivity index (χ0v) is 23.9. The Hall–Kier alpha value is -3.85. The number of carbonyl (C=O) groups excluding carboxylic acids is 3. The van der Waals surface area contributed by atoms with Crippen LogP contribution in [0.5, 0.6) is 5.75 Å². The Morgan fingerprint density at radius 3 is 2.20 bits per heavy atom. The standard InChI is InChI=1S/C31H42N4O5/c1-19(2)17-27(21(5)36)34-29(37)26(16-15-22-18-32-25-14-10-9-13-24(22)25)33-30(38)28(20(3)4)35-31(39)40-23-11-7-6-8-12-23/h6-14,18-21,26-28,32,36H,15-17H2,1-5H3,(H,33,38)(H,34,37)(H,35,39)/t21-,26?,27-,28?/m0/s1. The molecule has 1 heterocycles. The maximum absolute atomic E-state index is 13.5. The third-order valence-electron chi connectivity index (χ3n) is 6.82. The molecule has 9 heteroatoms. The lowest BCUT2D eigenvalue weighted by Gasteiger charge is -2.28. The molecule has 0 spiro atoms. The number of aliphatic hydroxyl groups is 1. The maximum Gasteiger partial charge on any atom is 0.413 e. The molecule has 3 aromatic rings. The van der Waals surface area contributed by atoms with Crippen LogP contribution >= 0.6 is 0 Å². The van der Waals surface area contributed by atoms with Crippen LogP contribution in [0.1, 0.15) is 53.0 Å². The number of nitrogens with one attached hydrogen (secondary N) is 4. The molecule has 0 fully saturated rings. The molecule has 216 valence electrons. The van der Waals surface area contributed by atoms with E-state index in [1.165, 1.54) is 0 Å². The Balaban J connectivity index is 1.76. The maximum atomic E-state index is 13.5. The van der Waals surface area contributed by atoms with Crippen molar-refractivity contribution >= 4 is 28.8 Å². The van der Waals surface area contributed by atoms with Crippen molar-refractivity contribution in [3.8, 4) is 5.75 Å². The Labute approximate surface area is 236 Å². The van der Waals surface area contributed by atoms with Crippen molar-refractivity contribution in [1.29, 1.82) is 0 Å². The van der Waals surface area contributed by atoms with Crippen LogP contribution in [-0.4, -0.2) is 52.2 Å². The molecule has 2 unspecified atom stereocenters. The van der Waals surface area contributed by atoms with Gasteiger partial charge in [-0.05, 0) is 61.8 Å². The molecule has 0 bridgehead atoms. The topological polar surface area (TPSA) is 133 Å². The highest BCUT2D eigenvalue weighted by Crippen LogP contribution is 2.20. The summed E-state index contributed by atoms with van der Waals surface area (Å²) in [7, 11) is 0. The van der Waals surface area contributed by atoms with Gasteiger partial charge in [0.15, 0.2) is 0 Å². The van der Waals surface area contributed by atoms with Crippen molar-refractivity contribution in [2.24, 2.45) is 11.8 Å². The Kier molecular flexibility index (Phi) is 11.1. The number of hydrogen-bond acceptors (Lipinski definition) is 5. The highest BCUT2D eigenvalue weighted by atomic mass is 16.6. The number of benzene rings is 2. The van der Waals surface area contributed by atoms with Gasteiger partial charge in [0.05, 0.1) is 12.1 Å². The predicted molar refractivity (Wildman–Crippen MR) is 156 cm³/mol. The average Bonchev–Trinajstić information content (AvgIpc) is 3.32. The van der Waals surface area contributed by atoms with Gasteiger partial charge in [0, 0.05) is 17.1 Å². The fourth-order valence-corrected chi connectivity index (χ4v) is 4.62. The van der Waals surface area contributed by atoms with E-state index >= 15 is 0 Å². The average molecular weight is 551 g/mol. The van der Waals surface area contributed by atoms with Gasteiger partial charge in [-0.2, -0.15) is 0 Å². The van der Waals surface area contributed by atoms with Gasteiger partial charge in [0.1, 0.15) is 17.8 Å². The molecule has 2 aromatic carbocycles. The summed E-state index contributed by atoms with van der Waals surface area (Å²) in [6.07, 6.45) is 1.85. The number of aryl methyl sites for hydroxylation is 1. The number of carbonyl (C=O) groups is 3. The smallest absolute Gasteiger partial charge is 0.410 e. The minimum absolute atomic E-state index is 0.254. The third kappa shape index (κ3) is 8.84. The first-order chi connectivity index (χ1) is 19.0. The van der Waals surface area contributed by atoms with Crippen molar-refractivity contribution in [2.45, 2.75) is 78.1 Å². The number of aromatic nitrogens is 1. The van der Waals surface area contributed by atoms with Crippen molar-refractivity contribution in [2.75, 3.05) is 0 Å². The van der Waals surface area contributed by atoms with Gasteiger partial charge in [-0.3, -0.25) is 9.59 Å². The number of para-hydroxylation sites is 2. The summed E-state index contributed by atoms with van der Waals surface area (Å²) in [6, 6.07) is 14.2. The summed E-state index contributed by atoms with van der Waals surface area (Å²) >= 11 is 0. The molecule has 0 radical (unpaired) electrons. The van der Waals surface area contributed by atoms with Gasteiger partial charge in [-0.1, -0.05) is 64.1 Å². The molecular weight excluding hydrogens is 508 g/mol. The molecule has 0 aliphatic carbocycles. The number of rotatable bonds is 13. The summed E-state index contributed by atoms with van der Waals surface area (Å²) in [4.78, 5) is 42.7. The first kappa shape index (κ1) is 30.7. The second-order valence-electron chi connectivity index (χ2n) is 11.0. The van der Waals surface area contributed by atoms with Crippen LogP contribution in [0.15, 0.2) is 60.8 Å². The first-order valence-electron chi connectivity index (χ1n) is 13.9. The predicted octanol–water partition coefficient (Wildman–Crippen LogP) is 4.31. The Bertz CT molecular complexity index is 1250. The molecule has 0 saturated heterocycles. The summed E-state index contributed by atoms with van der Waals surface area (Å²) in [5, 5.41) is 19.8. The van der Waals surface area contributed by atoms with Crippen LogP contribution in [0.4, 0.5) is 4.79 Å². The largest absolute Gasteiger partial charge is 0.413 e. The van der Waals surface area contributed by atoms with Crippen LogP contribution in [0.25, 0.3) is 10.9 Å². The van der Waals surface area contributed by atoms with E-state index in [9.17, 15) is 19.5 Å². The van der Waals surface area contributed by atoms with E-state index in [1.807, 2.05) is 44.3 Å². The molecule has 9 nitrogen and oxygen atoms in total. The van der Waals surface area contributed by atoms with E-state index in [0.29, 0.717) is 25.0 Å². The summed E-state index contributed by atoms with van der Waals surface area (Å²) in [5.74, 6) is -0.532. The molecule has 3 amide bonds. The van der Waals surface area contributed by atoms with Crippen LogP contribution in [0, 0.1) is 11.8 Å². The second kappa shape index (κ2) is 14.5. The lowest BCUT2D eigenvalue weighted by atomic mass is 9.98. The number of hydrogen-bond donors (Lipinski definition) is 5. The first-order valence-corrected chi connectivity index (χ1v) is 13.9. The lowest BCUT2D eigenvalue weighted by Crippen LogP contribution is -2.57. The Morgan fingerprint density at radius 2 is 1.55 bits per heavy atom. The van der Waals surface area contributed by atoms with Gasteiger partial charge < -0.3 is 30.8 Å². The SMILES string of the molecule is CC(C)C[C@H](NC(=O)C(CCc1c[nH]c2ccccc12)NC(=O)C(NC(=O)Oc1ccccc1)C(C)C)[C@H](C)O. The number of aliphatic hydroxyl groups excluding tert-OH is 1. The molecule has 4 atom stereocenters. The number of aromatic amines is 1. The van der Waals surface area contributed by atoms with E-state index in [2.05, 4.69) is 20.9 Å². The lowest BCUT2D eigenvalue weighted by molar-refractivity contribution is -0.131. The summed E-state index contributed by atoms with van der Waals surface area (Å²) in [6.45, 7) is 9.29. The normalized spacial score (nSPS) is 14.4. The van der Waals surface area contributed by atoms with Gasteiger partial charge in [0.2, 0.25) is 11.8 Å². The monoisotopic (exact) mass is 550 g/mol. The van der Waals surface area contributed by atoms with Crippen molar-refractivity contribution < 1.29 is 24.2 Å². The molecule has 0 aliphatic rings. The Morgan fingerprint density at radius 1 is 0.875 bits per heavy atom. The van der Waals surface area contributed by atoms with E-state index in [1.54, 1.807) is 51.1 Å². The number of ether oxygens (including phenoxy) is 1. The van der Waals surface area contributed by atoms with E-state index in [4.69, 9.17) is 4.74 Å². The van der Waals surface area contributed by atoms with E-state index < -0.39 is 36.2 Å². The fourth-order valence-electron chi connectivity index (χ4n) is 4.62. The molecule has 5 N–H and O–H groups in total. The molecule has 0 saturated carbocycles. The van der Waals surface area contributed by atoms with Crippen molar-refractivity contribution in [1.82, 2.24) is 20.9 Å². The summed E-state index contributed by atoms with van der Waals surface area (Å²) in [5.41, 5.74) is 2.02. The van der Waals surface area contributed by atoms with Crippen molar-refractivity contribution in [3.63, 3.8) is 0 Å². The number of H-pyrrole nitrogens is 1. The number of amides is 3. The minimum atomic E-state index is -0.928. The molecular formula is C31H42N4O5. The highest BCUT2D eigenvalue weighted by Gasteiger charge is 2.31. The van der Waals surface area contributed by atoms with Crippen molar-refractivity contribution in [3.05, 3.63) is 66.4 Å². The fraction of sp³-hybridized carbons (Fsp3) is 0.452. The van der Waals surface area contributed by atoms with Gasteiger partial charge in [-0.25, -0.2) is 4.79 Å². The van der Waals surface area contributed by atoms with E-state index in [0.717, 1.165) is 16.5 Å². The molecule has 40 heavy (non-hydrogen) atoms. The van der Waals surface area contributed by atoms with E-state index in [-0.39, 0.29) is 17.7 Å². The zero-order valence-electron chi connectivity index (χ0n) is 23.9. The van der Waals surface area contributed by atoms with Crippen LogP contribution in [-0.2, 0) is 16.0 Å². The zero-order chi connectivity index (χ0) is 29.2. The molecule has 1 aromatic heterocycles. The van der Waals surface area contributed by atoms with Gasteiger partial charge in [-0.15, -0.1) is 0 Å². The third-order valence-corrected chi connectivity index (χ3v) is 6.82.